The molecule has 0 aromatic heterocycles. The molecule has 1 N–H and O–H groups in total. The number of sulfonamides is 1. The maximum atomic E-state index is 12.7. The topological polar surface area (TPSA) is 75.7 Å². The molecule has 6 nitrogen and oxygen atoms in total. The molecule has 1 saturated heterocycles. The standard InChI is InChI=1S/C20H21ClN2O4S/c1-2-13-27-16-7-5-15(6-8-16)22-20(24)18-14-17(9-10-19(18)21)28(25,26)23-11-3-4-12-23/h2,5-10,14H,1,3-4,11-13H2,(H,22,24). The quantitative estimate of drug-likeness (QED) is 0.688. The molecular weight excluding hydrogens is 400 g/mol. The minimum Gasteiger partial charge on any atom is -0.490 e. The minimum absolute atomic E-state index is 0.0668. The van der Waals surface area contributed by atoms with Gasteiger partial charge in [-0.05, 0) is 55.3 Å². The molecular formula is C20H21ClN2O4S. The van der Waals surface area contributed by atoms with Crippen molar-refractivity contribution in [1.29, 1.82) is 0 Å². The van der Waals surface area contributed by atoms with E-state index in [2.05, 4.69) is 11.9 Å². The first-order chi connectivity index (χ1) is 13.4. The SMILES string of the molecule is C=CCOc1ccc(NC(=O)c2cc(S(=O)(=O)N3CCCC3)ccc2Cl)cc1. The van der Waals surface area contributed by atoms with E-state index in [9.17, 15) is 13.2 Å². The fourth-order valence-corrected chi connectivity index (χ4v) is 4.65. The number of hydrogen-bond donors (Lipinski definition) is 1. The first-order valence-corrected chi connectivity index (χ1v) is 10.7. The molecule has 0 aliphatic carbocycles. The van der Waals surface area contributed by atoms with Gasteiger partial charge in [0.2, 0.25) is 10.0 Å². The molecule has 2 aromatic rings. The molecule has 1 aliphatic heterocycles. The summed E-state index contributed by atoms with van der Waals surface area (Å²) >= 11 is 6.15. The van der Waals surface area contributed by atoms with Gasteiger partial charge in [-0.25, -0.2) is 8.42 Å². The Morgan fingerprint density at radius 1 is 1.18 bits per heavy atom. The lowest BCUT2D eigenvalue weighted by Crippen LogP contribution is -2.28. The molecule has 0 saturated carbocycles. The second kappa shape index (κ2) is 8.77. The van der Waals surface area contributed by atoms with Gasteiger partial charge in [0.15, 0.2) is 0 Å². The maximum absolute atomic E-state index is 12.7. The summed E-state index contributed by atoms with van der Waals surface area (Å²) in [6, 6.07) is 11.0. The number of hydrogen-bond acceptors (Lipinski definition) is 4. The number of anilines is 1. The third-order valence-electron chi connectivity index (χ3n) is 4.37. The van der Waals surface area contributed by atoms with Crippen molar-refractivity contribution in [2.75, 3.05) is 25.0 Å². The Morgan fingerprint density at radius 2 is 1.86 bits per heavy atom. The molecule has 1 heterocycles. The third-order valence-corrected chi connectivity index (χ3v) is 6.59. The third kappa shape index (κ3) is 4.55. The van der Waals surface area contributed by atoms with Crippen molar-refractivity contribution in [3.8, 4) is 5.75 Å². The predicted octanol–water partition coefficient (Wildman–Crippen LogP) is 3.94. The molecule has 0 radical (unpaired) electrons. The lowest BCUT2D eigenvalue weighted by Gasteiger charge is -2.16. The summed E-state index contributed by atoms with van der Waals surface area (Å²) in [5.74, 6) is 0.165. The Balaban J connectivity index is 1.79. The van der Waals surface area contributed by atoms with E-state index in [0.29, 0.717) is 31.1 Å². The van der Waals surface area contributed by atoms with Crippen molar-refractivity contribution < 1.29 is 17.9 Å². The maximum Gasteiger partial charge on any atom is 0.257 e. The number of amides is 1. The second-order valence-corrected chi connectivity index (χ2v) is 8.68. The molecule has 0 bridgehead atoms. The van der Waals surface area contributed by atoms with Crippen molar-refractivity contribution in [2.45, 2.75) is 17.7 Å². The normalized spacial score (nSPS) is 14.6. The number of benzene rings is 2. The van der Waals surface area contributed by atoms with E-state index in [1.165, 1.54) is 22.5 Å². The van der Waals surface area contributed by atoms with Crippen LogP contribution in [0.4, 0.5) is 5.69 Å². The molecule has 148 valence electrons. The molecule has 8 heteroatoms. The molecule has 1 amide bonds. The Morgan fingerprint density at radius 3 is 2.50 bits per heavy atom. The average molecular weight is 421 g/mol. The molecule has 1 aliphatic rings. The fourth-order valence-electron chi connectivity index (χ4n) is 2.90. The summed E-state index contributed by atoms with van der Waals surface area (Å²) in [6.07, 6.45) is 3.32. The number of ether oxygens (including phenoxy) is 1. The average Bonchev–Trinajstić information content (AvgIpc) is 3.23. The van der Waals surface area contributed by atoms with Crippen molar-refractivity contribution in [2.24, 2.45) is 0 Å². The summed E-state index contributed by atoms with van der Waals surface area (Å²) in [5, 5.41) is 2.91. The smallest absolute Gasteiger partial charge is 0.257 e. The van der Waals surface area contributed by atoms with Crippen LogP contribution in [0.25, 0.3) is 0 Å². The Bertz CT molecular complexity index is 968. The van der Waals surface area contributed by atoms with Crippen LogP contribution in [0.2, 0.25) is 5.02 Å². The molecule has 2 aromatic carbocycles. The van der Waals surface area contributed by atoms with Crippen LogP contribution in [0.1, 0.15) is 23.2 Å². The summed E-state index contributed by atoms with van der Waals surface area (Å²) in [7, 11) is -3.63. The van der Waals surface area contributed by atoms with Crippen LogP contribution >= 0.6 is 11.6 Å². The van der Waals surface area contributed by atoms with E-state index in [-0.39, 0.29) is 15.5 Å². The van der Waals surface area contributed by atoms with Gasteiger partial charge in [-0.15, -0.1) is 0 Å². The monoisotopic (exact) mass is 420 g/mol. The van der Waals surface area contributed by atoms with E-state index in [1.54, 1.807) is 30.3 Å². The van der Waals surface area contributed by atoms with Crippen LogP contribution in [-0.2, 0) is 10.0 Å². The van der Waals surface area contributed by atoms with Crippen molar-refractivity contribution in [3.05, 3.63) is 65.7 Å². The number of carbonyl (C=O) groups is 1. The first-order valence-electron chi connectivity index (χ1n) is 8.86. The van der Waals surface area contributed by atoms with E-state index >= 15 is 0 Å². The van der Waals surface area contributed by atoms with Crippen LogP contribution in [-0.4, -0.2) is 38.3 Å². The molecule has 0 unspecified atom stereocenters. The van der Waals surface area contributed by atoms with Gasteiger partial charge < -0.3 is 10.1 Å². The molecule has 3 rings (SSSR count). The number of nitrogens with zero attached hydrogens (tertiary/aromatic N) is 1. The molecule has 0 atom stereocenters. The zero-order chi connectivity index (χ0) is 20.1. The van der Waals surface area contributed by atoms with Gasteiger partial charge in [-0.3, -0.25) is 4.79 Å². The largest absolute Gasteiger partial charge is 0.490 e. The van der Waals surface area contributed by atoms with Crippen LogP contribution in [0, 0.1) is 0 Å². The Kier molecular flexibility index (Phi) is 6.39. The highest BCUT2D eigenvalue weighted by molar-refractivity contribution is 7.89. The van der Waals surface area contributed by atoms with Crippen molar-refractivity contribution in [3.63, 3.8) is 0 Å². The minimum atomic E-state index is -3.63. The number of nitrogens with one attached hydrogen (secondary N) is 1. The van der Waals surface area contributed by atoms with Crippen molar-refractivity contribution >= 4 is 33.2 Å². The lowest BCUT2D eigenvalue weighted by atomic mass is 10.2. The van der Waals surface area contributed by atoms with Crippen molar-refractivity contribution in [1.82, 2.24) is 4.31 Å². The van der Waals surface area contributed by atoms with Crippen LogP contribution < -0.4 is 10.1 Å². The first kappa shape index (κ1) is 20.4. The van der Waals surface area contributed by atoms with Gasteiger partial charge >= 0.3 is 0 Å². The van der Waals surface area contributed by atoms with Crippen LogP contribution in [0.15, 0.2) is 60.0 Å². The van der Waals surface area contributed by atoms with E-state index in [1.807, 2.05) is 0 Å². The second-order valence-electron chi connectivity index (χ2n) is 6.33. The zero-order valence-electron chi connectivity index (χ0n) is 15.2. The number of rotatable bonds is 7. The summed E-state index contributed by atoms with van der Waals surface area (Å²) in [6.45, 7) is 4.96. The van der Waals surface area contributed by atoms with Gasteiger partial charge in [-0.1, -0.05) is 24.3 Å². The summed E-state index contributed by atoms with van der Waals surface area (Å²) in [5.41, 5.74) is 0.647. The highest BCUT2D eigenvalue weighted by Crippen LogP contribution is 2.26. The summed E-state index contributed by atoms with van der Waals surface area (Å²) < 4.78 is 32.3. The number of carbonyl (C=O) groups excluding carboxylic acids is 1. The van der Waals surface area contributed by atoms with Gasteiger partial charge in [0.1, 0.15) is 12.4 Å². The highest BCUT2D eigenvalue weighted by atomic mass is 35.5. The fraction of sp³-hybridized carbons (Fsp3) is 0.250. The summed E-state index contributed by atoms with van der Waals surface area (Å²) in [4.78, 5) is 12.7. The van der Waals surface area contributed by atoms with E-state index in [0.717, 1.165) is 12.8 Å². The zero-order valence-corrected chi connectivity index (χ0v) is 16.8. The molecule has 28 heavy (non-hydrogen) atoms. The lowest BCUT2D eigenvalue weighted by molar-refractivity contribution is 0.102. The predicted molar refractivity (Wildman–Crippen MR) is 110 cm³/mol. The van der Waals surface area contributed by atoms with E-state index in [4.69, 9.17) is 16.3 Å². The van der Waals surface area contributed by atoms with Gasteiger partial charge in [-0.2, -0.15) is 4.31 Å². The highest BCUT2D eigenvalue weighted by Gasteiger charge is 2.28. The van der Waals surface area contributed by atoms with Crippen LogP contribution in [0.5, 0.6) is 5.75 Å². The van der Waals surface area contributed by atoms with E-state index < -0.39 is 15.9 Å². The van der Waals surface area contributed by atoms with Gasteiger partial charge in [0.25, 0.3) is 5.91 Å². The van der Waals surface area contributed by atoms with Crippen LogP contribution in [0.3, 0.4) is 0 Å². The van der Waals surface area contributed by atoms with Gasteiger partial charge in [0.05, 0.1) is 15.5 Å². The van der Waals surface area contributed by atoms with Gasteiger partial charge in [0, 0.05) is 18.8 Å². The Hall–Kier alpha value is -2.35. The Labute approximate surface area is 169 Å². The number of halogens is 1. The molecule has 0 spiro atoms. The molecule has 1 fully saturated rings.